The molecule has 0 saturated carbocycles. The minimum absolute atomic E-state index is 0.0938. The van der Waals surface area contributed by atoms with E-state index in [1.807, 2.05) is 6.07 Å². The average Bonchev–Trinajstić information content (AvgIpc) is 2.49. The minimum Gasteiger partial charge on any atom is -0.369 e. The molecule has 2 rings (SSSR count). The molecule has 3 nitrogen and oxygen atoms in total. The molecule has 1 aliphatic heterocycles. The van der Waals surface area contributed by atoms with Gasteiger partial charge in [-0.1, -0.05) is 19.9 Å². The van der Waals surface area contributed by atoms with Gasteiger partial charge in [0.1, 0.15) is 5.82 Å². The standard InChI is InChI=1S/C15H20FN3/c1-15(2)10-18-13(6-7-17)9-19(11-15)14-5-3-4-12(16)8-14/h3-5,8,13,18H,6,9-11H2,1-2H3. The van der Waals surface area contributed by atoms with Gasteiger partial charge in [0.25, 0.3) is 0 Å². The summed E-state index contributed by atoms with van der Waals surface area (Å²) in [7, 11) is 0. The number of nitriles is 1. The Morgan fingerprint density at radius 1 is 1.53 bits per heavy atom. The van der Waals surface area contributed by atoms with Gasteiger partial charge in [0.05, 0.1) is 12.5 Å². The summed E-state index contributed by atoms with van der Waals surface area (Å²) in [6, 6.07) is 9.02. The van der Waals surface area contributed by atoms with Crippen molar-refractivity contribution in [2.24, 2.45) is 5.41 Å². The molecule has 102 valence electrons. The molecule has 0 radical (unpaired) electrons. The van der Waals surface area contributed by atoms with Crippen molar-refractivity contribution in [2.75, 3.05) is 24.5 Å². The summed E-state index contributed by atoms with van der Waals surface area (Å²) in [6.45, 7) is 6.82. The van der Waals surface area contributed by atoms with Crippen LogP contribution in [0, 0.1) is 22.6 Å². The first-order chi connectivity index (χ1) is 9.00. The van der Waals surface area contributed by atoms with E-state index in [-0.39, 0.29) is 17.3 Å². The molecule has 1 unspecified atom stereocenters. The van der Waals surface area contributed by atoms with Crippen molar-refractivity contribution in [3.63, 3.8) is 0 Å². The lowest BCUT2D eigenvalue weighted by Crippen LogP contribution is -2.37. The second-order valence-electron chi connectivity index (χ2n) is 5.96. The van der Waals surface area contributed by atoms with E-state index in [9.17, 15) is 4.39 Å². The number of benzene rings is 1. The van der Waals surface area contributed by atoms with Gasteiger partial charge in [-0.15, -0.1) is 0 Å². The monoisotopic (exact) mass is 261 g/mol. The van der Waals surface area contributed by atoms with Crippen LogP contribution in [0.3, 0.4) is 0 Å². The van der Waals surface area contributed by atoms with Crippen LogP contribution in [0.1, 0.15) is 20.3 Å². The lowest BCUT2D eigenvalue weighted by Gasteiger charge is -2.31. The summed E-state index contributed by atoms with van der Waals surface area (Å²) in [5.74, 6) is -0.218. The van der Waals surface area contributed by atoms with Gasteiger partial charge >= 0.3 is 0 Å². The second kappa shape index (κ2) is 5.58. The molecule has 0 amide bonds. The first kappa shape index (κ1) is 13.8. The predicted molar refractivity (Wildman–Crippen MR) is 74.4 cm³/mol. The maximum Gasteiger partial charge on any atom is 0.125 e. The topological polar surface area (TPSA) is 39.1 Å². The molecule has 0 aliphatic carbocycles. The first-order valence-corrected chi connectivity index (χ1v) is 6.61. The van der Waals surface area contributed by atoms with Gasteiger partial charge in [-0.05, 0) is 23.6 Å². The van der Waals surface area contributed by atoms with Crippen molar-refractivity contribution in [3.8, 4) is 6.07 Å². The molecule has 4 heteroatoms. The quantitative estimate of drug-likeness (QED) is 0.889. The second-order valence-corrected chi connectivity index (χ2v) is 5.96. The normalized spacial score (nSPS) is 22.6. The van der Waals surface area contributed by atoms with E-state index in [4.69, 9.17) is 5.26 Å². The summed E-state index contributed by atoms with van der Waals surface area (Å²) in [5, 5.41) is 12.3. The van der Waals surface area contributed by atoms with Crippen molar-refractivity contribution >= 4 is 5.69 Å². The molecule has 0 aromatic heterocycles. The summed E-state index contributed by atoms with van der Waals surface area (Å²) in [5.41, 5.74) is 0.982. The van der Waals surface area contributed by atoms with Crippen molar-refractivity contribution in [1.29, 1.82) is 5.26 Å². The number of nitrogens with zero attached hydrogens (tertiary/aromatic N) is 2. The zero-order valence-corrected chi connectivity index (χ0v) is 11.5. The third-order valence-corrected chi connectivity index (χ3v) is 3.44. The highest BCUT2D eigenvalue weighted by Gasteiger charge is 2.28. The van der Waals surface area contributed by atoms with Crippen LogP contribution in [0.2, 0.25) is 0 Å². The Labute approximate surface area is 114 Å². The molecular weight excluding hydrogens is 241 g/mol. The fourth-order valence-corrected chi connectivity index (χ4v) is 2.50. The van der Waals surface area contributed by atoms with Crippen LogP contribution in [0.15, 0.2) is 24.3 Å². The van der Waals surface area contributed by atoms with Crippen molar-refractivity contribution < 1.29 is 4.39 Å². The van der Waals surface area contributed by atoms with E-state index < -0.39 is 0 Å². The van der Waals surface area contributed by atoms with E-state index in [1.54, 1.807) is 12.1 Å². The van der Waals surface area contributed by atoms with Crippen LogP contribution in [0.25, 0.3) is 0 Å². The highest BCUT2D eigenvalue weighted by atomic mass is 19.1. The number of halogens is 1. The summed E-state index contributed by atoms with van der Waals surface area (Å²) >= 11 is 0. The van der Waals surface area contributed by atoms with Crippen molar-refractivity contribution in [1.82, 2.24) is 5.32 Å². The van der Waals surface area contributed by atoms with E-state index in [0.717, 1.165) is 25.3 Å². The Kier molecular flexibility index (Phi) is 4.06. The molecule has 0 spiro atoms. The summed E-state index contributed by atoms with van der Waals surface area (Å²) in [4.78, 5) is 2.17. The maximum atomic E-state index is 13.4. The van der Waals surface area contributed by atoms with Gasteiger partial charge < -0.3 is 10.2 Å². The van der Waals surface area contributed by atoms with Gasteiger partial charge in [-0.2, -0.15) is 5.26 Å². The summed E-state index contributed by atoms with van der Waals surface area (Å²) < 4.78 is 13.4. The summed E-state index contributed by atoms with van der Waals surface area (Å²) in [6.07, 6.45) is 0.474. The molecule has 1 aliphatic rings. The Morgan fingerprint density at radius 2 is 2.32 bits per heavy atom. The lowest BCUT2D eigenvalue weighted by atomic mass is 9.93. The number of rotatable bonds is 2. The lowest BCUT2D eigenvalue weighted by molar-refractivity contribution is 0.360. The minimum atomic E-state index is -0.218. The molecule has 1 aromatic carbocycles. The number of hydrogen-bond donors (Lipinski definition) is 1. The fourth-order valence-electron chi connectivity index (χ4n) is 2.50. The van der Waals surface area contributed by atoms with Crippen LogP contribution in [0.4, 0.5) is 10.1 Å². The molecule has 1 aromatic rings. The number of anilines is 1. The largest absolute Gasteiger partial charge is 0.369 e. The maximum absolute atomic E-state index is 13.4. The first-order valence-electron chi connectivity index (χ1n) is 6.61. The highest BCUT2D eigenvalue weighted by Crippen LogP contribution is 2.25. The van der Waals surface area contributed by atoms with Crippen molar-refractivity contribution in [3.05, 3.63) is 30.1 Å². The highest BCUT2D eigenvalue weighted by molar-refractivity contribution is 5.47. The van der Waals surface area contributed by atoms with Crippen LogP contribution >= 0.6 is 0 Å². The average molecular weight is 261 g/mol. The van der Waals surface area contributed by atoms with Crippen molar-refractivity contribution in [2.45, 2.75) is 26.3 Å². The van der Waals surface area contributed by atoms with E-state index >= 15 is 0 Å². The Morgan fingerprint density at radius 3 is 3.00 bits per heavy atom. The molecule has 1 saturated heterocycles. The van der Waals surface area contributed by atoms with Crippen LogP contribution in [-0.2, 0) is 0 Å². The molecule has 1 N–H and O–H groups in total. The van der Waals surface area contributed by atoms with Gasteiger partial charge in [-0.3, -0.25) is 0 Å². The van der Waals surface area contributed by atoms with E-state index in [2.05, 4.69) is 30.1 Å². The van der Waals surface area contributed by atoms with Crippen LogP contribution < -0.4 is 10.2 Å². The predicted octanol–water partition coefficient (Wildman–Crippen LogP) is 2.54. The SMILES string of the molecule is CC1(C)CNC(CC#N)CN(c2cccc(F)c2)C1. The molecule has 19 heavy (non-hydrogen) atoms. The number of nitrogens with one attached hydrogen (secondary N) is 1. The van der Waals surface area contributed by atoms with Crippen LogP contribution in [0.5, 0.6) is 0 Å². The zero-order valence-electron chi connectivity index (χ0n) is 11.5. The Bertz CT molecular complexity index is 479. The third kappa shape index (κ3) is 3.68. The molecular formula is C15H20FN3. The zero-order chi connectivity index (χ0) is 13.9. The Balaban J connectivity index is 2.23. The molecule has 1 heterocycles. The van der Waals surface area contributed by atoms with E-state index in [1.165, 1.54) is 6.07 Å². The number of hydrogen-bond acceptors (Lipinski definition) is 3. The smallest absolute Gasteiger partial charge is 0.125 e. The van der Waals surface area contributed by atoms with Gasteiger partial charge in [0.2, 0.25) is 0 Å². The third-order valence-electron chi connectivity index (χ3n) is 3.44. The molecule has 0 bridgehead atoms. The molecule has 1 fully saturated rings. The van der Waals surface area contributed by atoms with Crippen LogP contribution in [-0.4, -0.2) is 25.7 Å². The van der Waals surface area contributed by atoms with Gasteiger partial charge in [0, 0.05) is 31.4 Å². The van der Waals surface area contributed by atoms with Gasteiger partial charge in [0.15, 0.2) is 0 Å². The Hall–Kier alpha value is -1.60. The fraction of sp³-hybridized carbons (Fsp3) is 0.533. The van der Waals surface area contributed by atoms with Gasteiger partial charge in [-0.25, -0.2) is 4.39 Å². The van der Waals surface area contributed by atoms with E-state index in [0.29, 0.717) is 6.42 Å². The molecule has 1 atom stereocenters.